The Balaban J connectivity index is -0.000000130. The van der Waals surface area contributed by atoms with Crippen LogP contribution >= 0.6 is 24.8 Å². The van der Waals surface area contributed by atoms with Crippen molar-refractivity contribution in [2.75, 3.05) is 0 Å². The van der Waals surface area contributed by atoms with Gasteiger partial charge in [0.25, 0.3) is 0 Å². The summed E-state index contributed by atoms with van der Waals surface area (Å²) >= 11 is 0. The first-order chi connectivity index (χ1) is 10.1. The van der Waals surface area contributed by atoms with E-state index in [4.69, 9.17) is 0 Å². The number of hydrogen-bond acceptors (Lipinski definition) is 0. The Morgan fingerprint density at radius 1 is 0.833 bits per heavy atom. The van der Waals surface area contributed by atoms with Crippen LogP contribution in [-0.4, -0.2) is 9.52 Å². The summed E-state index contributed by atoms with van der Waals surface area (Å²) in [7, 11) is 0.750. The third kappa shape index (κ3) is 14.9. The minimum atomic E-state index is 0. The standard InChI is InChI=1S/2C9H13.C2H7Si.2ClH.Zr/c2*1-3-5-9-7-4-6-8(9)2;1-3-2;;;/h2*7H,3-5H2,1-2H3;3H,1-2H3;2*1H;/q2*-1;;;;+2. The van der Waals surface area contributed by atoms with E-state index in [1.807, 2.05) is 0 Å². The average molecular weight is 466 g/mol. The van der Waals surface area contributed by atoms with Crippen molar-refractivity contribution in [3.8, 4) is 0 Å². The molecule has 0 aliphatic heterocycles. The van der Waals surface area contributed by atoms with E-state index in [1.165, 1.54) is 48.0 Å². The van der Waals surface area contributed by atoms with E-state index in [1.54, 1.807) is 0 Å². The van der Waals surface area contributed by atoms with Crippen molar-refractivity contribution in [2.45, 2.75) is 79.3 Å². The van der Waals surface area contributed by atoms with E-state index in [2.05, 4.69) is 65.1 Å². The summed E-state index contributed by atoms with van der Waals surface area (Å²) < 4.78 is 0. The molecule has 0 amide bonds. The van der Waals surface area contributed by atoms with Gasteiger partial charge in [0, 0.05) is 9.52 Å². The molecule has 0 aromatic heterocycles. The predicted octanol–water partition coefficient (Wildman–Crippen LogP) is 7.09. The van der Waals surface area contributed by atoms with Gasteiger partial charge in [-0.1, -0.05) is 66.5 Å². The maximum Gasteiger partial charge on any atom is 2.00 e. The van der Waals surface area contributed by atoms with Gasteiger partial charge < -0.3 is 0 Å². The molecule has 0 fully saturated rings. The molecule has 2 aliphatic carbocycles. The third-order valence-electron chi connectivity index (χ3n) is 3.43. The SMILES string of the molecule is CCCC1=CC[C-]=C1C.CCCC1=CC[C-]=C1C.C[SiH]C.Cl.Cl.[Zr+2]. The van der Waals surface area contributed by atoms with Crippen molar-refractivity contribution < 1.29 is 26.2 Å². The summed E-state index contributed by atoms with van der Waals surface area (Å²) in [5.41, 5.74) is 5.77. The van der Waals surface area contributed by atoms with E-state index in [-0.39, 0.29) is 51.0 Å². The molecule has 0 aromatic rings. The zero-order chi connectivity index (χ0) is 16.1. The molecule has 0 aromatic carbocycles. The Hall–Kier alpha value is 0.640. The molecule has 1 radical (unpaired) electrons. The summed E-state index contributed by atoms with van der Waals surface area (Å²) in [5, 5.41) is 0. The van der Waals surface area contributed by atoms with Crippen molar-refractivity contribution in [1.82, 2.24) is 0 Å². The molecule has 0 saturated heterocycles. The third-order valence-corrected chi connectivity index (χ3v) is 3.43. The van der Waals surface area contributed by atoms with Crippen LogP contribution in [0.25, 0.3) is 0 Å². The second-order valence-corrected chi connectivity index (χ2v) is 6.70. The van der Waals surface area contributed by atoms with Crippen LogP contribution in [0.4, 0.5) is 0 Å². The normalized spacial score (nSPS) is 13.9. The largest absolute Gasteiger partial charge is 2.00 e. The smallest absolute Gasteiger partial charge is 0.269 e. The molecule has 0 N–H and O–H groups in total. The maximum absolute atomic E-state index is 3.28. The Morgan fingerprint density at radius 3 is 1.29 bits per heavy atom. The van der Waals surface area contributed by atoms with Gasteiger partial charge in [0.15, 0.2) is 0 Å². The number of rotatable bonds is 4. The zero-order valence-corrected chi connectivity index (χ0v) is 21.5. The summed E-state index contributed by atoms with van der Waals surface area (Å²) in [5.74, 6) is 0. The molecular weight excluding hydrogens is 430 g/mol. The van der Waals surface area contributed by atoms with Gasteiger partial charge in [0.1, 0.15) is 0 Å². The van der Waals surface area contributed by atoms with Crippen LogP contribution in [0.2, 0.25) is 13.1 Å². The summed E-state index contributed by atoms with van der Waals surface area (Å²) in [6.45, 7) is 13.1. The van der Waals surface area contributed by atoms with Gasteiger partial charge in [0.05, 0.1) is 0 Å². The van der Waals surface area contributed by atoms with E-state index in [0.717, 1.165) is 22.4 Å². The van der Waals surface area contributed by atoms with E-state index in [9.17, 15) is 0 Å². The van der Waals surface area contributed by atoms with Gasteiger partial charge in [-0.2, -0.15) is 23.3 Å². The van der Waals surface area contributed by atoms with Crippen molar-refractivity contribution in [1.29, 1.82) is 0 Å². The van der Waals surface area contributed by atoms with Crippen molar-refractivity contribution in [3.05, 3.63) is 46.6 Å². The first kappa shape index (κ1) is 32.3. The molecule has 137 valence electrons. The molecule has 0 saturated carbocycles. The van der Waals surface area contributed by atoms with Crippen LogP contribution in [0.15, 0.2) is 34.4 Å². The predicted molar refractivity (Wildman–Crippen MR) is 113 cm³/mol. The van der Waals surface area contributed by atoms with Gasteiger partial charge in [-0.05, 0) is 0 Å². The minimum absolute atomic E-state index is 0. The fraction of sp³-hybridized carbons (Fsp3) is 0.600. The average Bonchev–Trinajstić information content (AvgIpc) is 3.03. The first-order valence-electron chi connectivity index (χ1n) is 8.38. The van der Waals surface area contributed by atoms with Crippen LogP contribution < -0.4 is 0 Å². The second kappa shape index (κ2) is 21.7. The number of allylic oxidation sites excluding steroid dienone is 8. The zero-order valence-electron chi connectivity index (χ0n) is 16.3. The van der Waals surface area contributed by atoms with Crippen LogP contribution in [0.5, 0.6) is 0 Å². The Kier molecular flexibility index (Phi) is 29.2. The molecule has 0 bridgehead atoms. The molecule has 2 aliphatic rings. The second-order valence-electron chi connectivity index (χ2n) is 5.55. The van der Waals surface area contributed by atoms with Crippen LogP contribution in [0, 0.1) is 12.2 Å². The molecule has 0 heterocycles. The number of halogens is 2. The topological polar surface area (TPSA) is 0 Å². The van der Waals surface area contributed by atoms with E-state index in [0.29, 0.717) is 0 Å². The Labute approximate surface area is 185 Å². The molecule has 0 spiro atoms. The molecule has 4 heteroatoms. The first-order valence-corrected chi connectivity index (χ1v) is 10.7. The van der Waals surface area contributed by atoms with Gasteiger partial charge in [0.2, 0.25) is 0 Å². The van der Waals surface area contributed by atoms with Crippen molar-refractivity contribution >= 4 is 34.3 Å². The van der Waals surface area contributed by atoms with Crippen LogP contribution in [0.1, 0.15) is 66.2 Å². The number of hydrogen-bond donors (Lipinski definition) is 0. The van der Waals surface area contributed by atoms with Gasteiger partial charge in [-0.25, -0.2) is 11.1 Å². The molecule has 2 rings (SSSR count). The van der Waals surface area contributed by atoms with Crippen molar-refractivity contribution in [3.63, 3.8) is 0 Å². The van der Waals surface area contributed by atoms with E-state index >= 15 is 0 Å². The molecular formula is C20H35Cl2SiZr. The van der Waals surface area contributed by atoms with E-state index < -0.39 is 0 Å². The van der Waals surface area contributed by atoms with Gasteiger partial charge in [-0.15, -0.1) is 37.7 Å². The summed E-state index contributed by atoms with van der Waals surface area (Å²) in [4.78, 5) is 0. The molecule has 24 heavy (non-hydrogen) atoms. The summed E-state index contributed by atoms with van der Waals surface area (Å²) in [6, 6.07) is 0. The molecule has 0 atom stereocenters. The monoisotopic (exact) mass is 463 g/mol. The minimum Gasteiger partial charge on any atom is -0.269 e. The van der Waals surface area contributed by atoms with Gasteiger partial charge >= 0.3 is 26.2 Å². The van der Waals surface area contributed by atoms with Crippen LogP contribution in [-0.2, 0) is 26.2 Å². The Morgan fingerprint density at radius 2 is 1.12 bits per heavy atom. The van der Waals surface area contributed by atoms with Crippen molar-refractivity contribution in [2.24, 2.45) is 0 Å². The fourth-order valence-electron chi connectivity index (χ4n) is 2.31. The van der Waals surface area contributed by atoms with Gasteiger partial charge in [-0.3, -0.25) is 12.2 Å². The Bertz CT molecular complexity index is 372. The summed E-state index contributed by atoms with van der Waals surface area (Å²) in [6.07, 6.45) is 18.2. The maximum atomic E-state index is 3.28. The van der Waals surface area contributed by atoms with Crippen LogP contribution in [0.3, 0.4) is 0 Å². The molecule has 0 unspecified atom stereocenters. The quantitative estimate of drug-likeness (QED) is 0.307. The molecule has 0 nitrogen and oxygen atoms in total. The fourth-order valence-corrected chi connectivity index (χ4v) is 2.31.